The molecule has 0 saturated heterocycles. The zero-order valence-corrected chi connectivity index (χ0v) is 8.98. The van der Waals surface area contributed by atoms with Gasteiger partial charge in [-0.05, 0) is 18.2 Å². The van der Waals surface area contributed by atoms with E-state index in [4.69, 9.17) is 9.52 Å². The van der Waals surface area contributed by atoms with Gasteiger partial charge in [0.25, 0.3) is 0 Å². The standard InChI is InChI=1S/C12H7FN2O3/c13-7-2-1-6-3-10(18-9(6)4-7)11-8(12(16)17)5-14-15-11/h1-5H,(H,14,15)(H,16,17). The van der Waals surface area contributed by atoms with E-state index in [2.05, 4.69) is 10.2 Å². The zero-order valence-electron chi connectivity index (χ0n) is 8.98. The van der Waals surface area contributed by atoms with Crippen LogP contribution < -0.4 is 0 Å². The predicted octanol–water partition coefficient (Wildman–Crippen LogP) is 2.66. The molecule has 2 N–H and O–H groups in total. The van der Waals surface area contributed by atoms with Gasteiger partial charge in [-0.3, -0.25) is 5.10 Å². The lowest BCUT2D eigenvalue weighted by Gasteiger charge is -1.93. The first-order chi connectivity index (χ1) is 8.65. The van der Waals surface area contributed by atoms with Crippen LogP contribution in [0.3, 0.4) is 0 Å². The van der Waals surface area contributed by atoms with E-state index in [1.165, 1.54) is 18.3 Å². The van der Waals surface area contributed by atoms with Gasteiger partial charge in [-0.2, -0.15) is 5.10 Å². The summed E-state index contributed by atoms with van der Waals surface area (Å²) in [4.78, 5) is 11.0. The van der Waals surface area contributed by atoms with Gasteiger partial charge in [-0.1, -0.05) is 0 Å². The van der Waals surface area contributed by atoms with Gasteiger partial charge < -0.3 is 9.52 Å². The molecule has 0 radical (unpaired) electrons. The number of halogens is 1. The van der Waals surface area contributed by atoms with Gasteiger partial charge in [0.2, 0.25) is 0 Å². The number of aromatic nitrogens is 2. The molecule has 0 spiro atoms. The van der Waals surface area contributed by atoms with Crippen molar-refractivity contribution in [3.05, 3.63) is 41.8 Å². The largest absolute Gasteiger partial charge is 0.478 e. The van der Waals surface area contributed by atoms with Gasteiger partial charge in [0.15, 0.2) is 5.76 Å². The molecular formula is C12H7FN2O3. The number of hydrogen-bond acceptors (Lipinski definition) is 3. The van der Waals surface area contributed by atoms with Crippen molar-refractivity contribution >= 4 is 16.9 Å². The molecule has 0 aliphatic carbocycles. The van der Waals surface area contributed by atoms with E-state index >= 15 is 0 Å². The molecule has 0 saturated carbocycles. The van der Waals surface area contributed by atoms with Gasteiger partial charge in [0.05, 0.1) is 6.20 Å². The summed E-state index contributed by atoms with van der Waals surface area (Å²) in [6, 6.07) is 5.76. The fraction of sp³-hybridized carbons (Fsp3) is 0. The van der Waals surface area contributed by atoms with Crippen molar-refractivity contribution in [1.82, 2.24) is 10.2 Å². The highest BCUT2D eigenvalue weighted by Crippen LogP contribution is 2.28. The topological polar surface area (TPSA) is 79.1 Å². The number of carboxylic acid groups (broad SMARTS) is 1. The number of furan rings is 1. The smallest absolute Gasteiger partial charge is 0.339 e. The molecule has 0 aliphatic rings. The number of nitrogens with zero attached hydrogens (tertiary/aromatic N) is 1. The van der Waals surface area contributed by atoms with E-state index in [1.54, 1.807) is 12.1 Å². The second kappa shape index (κ2) is 3.69. The number of rotatable bonds is 2. The minimum atomic E-state index is -1.11. The summed E-state index contributed by atoms with van der Waals surface area (Å²) in [6.45, 7) is 0. The van der Waals surface area contributed by atoms with Gasteiger partial charge in [-0.25, -0.2) is 9.18 Å². The van der Waals surface area contributed by atoms with E-state index in [1.807, 2.05) is 0 Å². The molecule has 6 heteroatoms. The van der Waals surface area contributed by atoms with Crippen LogP contribution in [0.1, 0.15) is 10.4 Å². The Hall–Kier alpha value is -2.63. The third kappa shape index (κ3) is 1.55. The molecule has 0 atom stereocenters. The highest BCUT2D eigenvalue weighted by Gasteiger charge is 2.17. The summed E-state index contributed by atoms with van der Waals surface area (Å²) in [5.74, 6) is -1.21. The van der Waals surface area contributed by atoms with E-state index in [9.17, 15) is 9.18 Å². The average Bonchev–Trinajstić information content (AvgIpc) is 2.93. The van der Waals surface area contributed by atoms with Crippen LogP contribution >= 0.6 is 0 Å². The summed E-state index contributed by atoms with van der Waals surface area (Å²) in [5, 5.41) is 15.9. The fourth-order valence-corrected chi connectivity index (χ4v) is 1.76. The van der Waals surface area contributed by atoms with Crippen molar-refractivity contribution < 1.29 is 18.7 Å². The second-order valence-electron chi connectivity index (χ2n) is 3.76. The molecule has 0 bridgehead atoms. The van der Waals surface area contributed by atoms with E-state index < -0.39 is 11.8 Å². The Labute approximate surface area is 99.8 Å². The fourth-order valence-electron chi connectivity index (χ4n) is 1.76. The molecular weight excluding hydrogens is 239 g/mol. The number of nitrogens with one attached hydrogen (secondary N) is 1. The molecule has 0 aliphatic heterocycles. The summed E-state index contributed by atoms with van der Waals surface area (Å²) in [7, 11) is 0. The van der Waals surface area contributed by atoms with E-state index in [0.717, 1.165) is 0 Å². The minimum Gasteiger partial charge on any atom is -0.478 e. The molecule has 0 amide bonds. The number of carbonyl (C=O) groups is 1. The lowest BCUT2D eigenvalue weighted by Crippen LogP contribution is -1.95. The minimum absolute atomic E-state index is 0.00882. The molecule has 0 fully saturated rings. The maximum Gasteiger partial charge on any atom is 0.339 e. The van der Waals surface area contributed by atoms with Gasteiger partial charge in [0, 0.05) is 11.5 Å². The van der Waals surface area contributed by atoms with E-state index in [-0.39, 0.29) is 11.3 Å². The summed E-state index contributed by atoms with van der Waals surface area (Å²) in [5.41, 5.74) is 0.629. The Morgan fingerprint density at radius 2 is 2.22 bits per heavy atom. The number of aromatic amines is 1. The zero-order chi connectivity index (χ0) is 12.7. The summed E-state index contributed by atoms with van der Waals surface area (Å²) < 4.78 is 18.4. The summed E-state index contributed by atoms with van der Waals surface area (Å²) >= 11 is 0. The highest BCUT2D eigenvalue weighted by atomic mass is 19.1. The second-order valence-corrected chi connectivity index (χ2v) is 3.76. The van der Waals surface area contributed by atoms with Crippen LogP contribution in [-0.4, -0.2) is 21.3 Å². The normalized spacial score (nSPS) is 10.9. The molecule has 2 aromatic heterocycles. The van der Waals surface area contributed by atoms with Crippen molar-refractivity contribution in [3.63, 3.8) is 0 Å². The summed E-state index contributed by atoms with van der Waals surface area (Å²) in [6.07, 6.45) is 1.20. The molecule has 90 valence electrons. The highest BCUT2D eigenvalue weighted by molar-refractivity contribution is 5.95. The van der Waals surface area contributed by atoms with Crippen molar-refractivity contribution in [1.29, 1.82) is 0 Å². The van der Waals surface area contributed by atoms with Crippen molar-refractivity contribution in [2.24, 2.45) is 0 Å². The number of benzene rings is 1. The van der Waals surface area contributed by atoms with Gasteiger partial charge in [-0.15, -0.1) is 0 Å². The predicted molar refractivity (Wildman–Crippen MR) is 60.7 cm³/mol. The van der Waals surface area contributed by atoms with Crippen LogP contribution in [0.4, 0.5) is 4.39 Å². The molecule has 0 unspecified atom stereocenters. The van der Waals surface area contributed by atoms with Crippen molar-refractivity contribution in [3.8, 4) is 11.5 Å². The van der Waals surface area contributed by atoms with Gasteiger partial charge in [0.1, 0.15) is 22.7 Å². The molecule has 1 aromatic carbocycles. The Morgan fingerprint density at radius 3 is 3.00 bits per heavy atom. The van der Waals surface area contributed by atoms with Crippen LogP contribution in [-0.2, 0) is 0 Å². The van der Waals surface area contributed by atoms with Gasteiger partial charge >= 0.3 is 5.97 Å². The van der Waals surface area contributed by atoms with E-state index in [0.29, 0.717) is 16.7 Å². The molecule has 18 heavy (non-hydrogen) atoms. The Balaban J connectivity index is 2.19. The number of H-pyrrole nitrogens is 1. The Bertz CT molecular complexity index is 745. The first-order valence-corrected chi connectivity index (χ1v) is 5.11. The first-order valence-electron chi connectivity index (χ1n) is 5.11. The molecule has 2 heterocycles. The lowest BCUT2D eigenvalue weighted by molar-refractivity contribution is 0.0697. The third-order valence-electron chi connectivity index (χ3n) is 2.60. The first kappa shape index (κ1) is 10.5. The van der Waals surface area contributed by atoms with Crippen LogP contribution in [0.2, 0.25) is 0 Å². The number of hydrogen-bond donors (Lipinski definition) is 2. The third-order valence-corrected chi connectivity index (χ3v) is 2.60. The average molecular weight is 246 g/mol. The lowest BCUT2D eigenvalue weighted by atomic mass is 10.2. The van der Waals surface area contributed by atoms with Crippen molar-refractivity contribution in [2.75, 3.05) is 0 Å². The maximum absolute atomic E-state index is 13.0. The van der Waals surface area contributed by atoms with Crippen LogP contribution in [0.5, 0.6) is 0 Å². The molecule has 3 rings (SSSR count). The maximum atomic E-state index is 13.0. The number of aromatic carboxylic acids is 1. The number of carboxylic acids is 1. The molecule has 5 nitrogen and oxygen atoms in total. The SMILES string of the molecule is O=C(O)c1cn[nH]c1-c1cc2ccc(F)cc2o1. The monoisotopic (exact) mass is 246 g/mol. The quantitative estimate of drug-likeness (QED) is 0.728. The van der Waals surface area contributed by atoms with Crippen LogP contribution in [0.25, 0.3) is 22.4 Å². The number of fused-ring (bicyclic) bond motifs is 1. The van der Waals surface area contributed by atoms with Crippen LogP contribution in [0.15, 0.2) is 34.9 Å². The van der Waals surface area contributed by atoms with Crippen LogP contribution in [0, 0.1) is 5.82 Å². The molecule has 3 aromatic rings. The Morgan fingerprint density at radius 1 is 1.39 bits per heavy atom. The Kier molecular flexibility index (Phi) is 2.16. The van der Waals surface area contributed by atoms with Crippen molar-refractivity contribution in [2.45, 2.75) is 0 Å².